The summed E-state index contributed by atoms with van der Waals surface area (Å²) in [6.07, 6.45) is 0. The molecular formula is C18H21NO5S. The minimum atomic E-state index is -3.42. The largest absolute Gasteiger partial charge is 0.495 e. The zero-order chi connectivity index (χ0) is 18.4. The molecule has 1 aromatic heterocycles. The third kappa shape index (κ3) is 4.46. The standard InChI is InChI=1S/C10H8O2.C8H11NO3S.H2/c1-7-6-8-4-2-3-5-9(8)12-10(7)11;1-9-13(10,11)8-6-4-3-5-7(8)12-2;/h2-6H,1H3;3-6,9H,1-2H3;1H. The number of ether oxygens (including phenoxy) is 1. The van der Waals surface area contributed by atoms with Gasteiger partial charge in [0.05, 0.1) is 7.11 Å². The summed E-state index contributed by atoms with van der Waals surface area (Å²) in [5, 5.41) is 0.967. The van der Waals surface area contributed by atoms with Gasteiger partial charge >= 0.3 is 5.63 Å². The first-order valence-corrected chi connectivity index (χ1v) is 8.93. The third-order valence-electron chi connectivity index (χ3n) is 3.44. The van der Waals surface area contributed by atoms with Crippen LogP contribution in [0.3, 0.4) is 0 Å². The molecule has 0 aliphatic heterocycles. The Balaban J connectivity index is 0.000000251. The lowest BCUT2D eigenvalue weighted by molar-refractivity contribution is 0.402. The average molecular weight is 363 g/mol. The van der Waals surface area contributed by atoms with Crippen molar-refractivity contribution in [2.75, 3.05) is 14.2 Å². The molecule has 0 saturated carbocycles. The van der Waals surface area contributed by atoms with Gasteiger partial charge in [0.2, 0.25) is 10.0 Å². The summed E-state index contributed by atoms with van der Waals surface area (Å²) in [5.74, 6) is 0.344. The van der Waals surface area contributed by atoms with Gasteiger partial charge in [-0.1, -0.05) is 30.3 Å². The minimum absolute atomic E-state index is 0. The van der Waals surface area contributed by atoms with E-state index in [1.165, 1.54) is 20.2 Å². The molecule has 25 heavy (non-hydrogen) atoms. The fraction of sp³-hybridized carbons (Fsp3) is 0.167. The minimum Gasteiger partial charge on any atom is -0.495 e. The van der Waals surface area contributed by atoms with Gasteiger partial charge in [0.15, 0.2) is 0 Å². The molecule has 0 atom stereocenters. The fourth-order valence-corrected chi connectivity index (χ4v) is 3.01. The Morgan fingerprint density at radius 3 is 2.40 bits per heavy atom. The van der Waals surface area contributed by atoms with E-state index in [2.05, 4.69) is 4.72 Å². The smallest absolute Gasteiger partial charge is 0.339 e. The van der Waals surface area contributed by atoms with E-state index < -0.39 is 10.0 Å². The van der Waals surface area contributed by atoms with Crippen LogP contribution in [0.4, 0.5) is 0 Å². The van der Waals surface area contributed by atoms with Gasteiger partial charge in [-0.2, -0.15) is 0 Å². The van der Waals surface area contributed by atoms with Crippen molar-refractivity contribution >= 4 is 21.0 Å². The molecule has 0 spiro atoms. The first kappa shape index (κ1) is 18.7. The molecule has 7 heteroatoms. The van der Waals surface area contributed by atoms with Crippen molar-refractivity contribution in [3.8, 4) is 5.75 Å². The molecule has 0 aliphatic rings. The van der Waals surface area contributed by atoms with Crippen LogP contribution < -0.4 is 15.1 Å². The Morgan fingerprint density at radius 2 is 1.72 bits per heavy atom. The highest BCUT2D eigenvalue weighted by atomic mass is 32.2. The molecule has 2 aromatic carbocycles. The highest BCUT2D eigenvalue weighted by Gasteiger charge is 2.15. The summed E-state index contributed by atoms with van der Waals surface area (Å²) < 4.78 is 35.0. The van der Waals surface area contributed by atoms with Gasteiger partial charge in [0.1, 0.15) is 16.2 Å². The lowest BCUT2D eigenvalue weighted by atomic mass is 10.2. The van der Waals surface area contributed by atoms with Gasteiger partial charge < -0.3 is 9.15 Å². The summed E-state index contributed by atoms with van der Waals surface area (Å²) in [6, 6.07) is 15.8. The normalized spacial score (nSPS) is 10.8. The maximum atomic E-state index is 11.4. The van der Waals surface area contributed by atoms with Crippen LogP contribution in [0.1, 0.15) is 6.99 Å². The molecule has 134 valence electrons. The first-order chi connectivity index (χ1) is 11.9. The Labute approximate surface area is 147 Å². The highest BCUT2D eigenvalue weighted by molar-refractivity contribution is 7.89. The number of methoxy groups -OCH3 is 1. The molecule has 0 aliphatic carbocycles. The quantitative estimate of drug-likeness (QED) is 0.723. The Hall–Kier alpha value is -2.64. The average Bonchev–Trinajstić information content (AvgIpc) is 2.63. The monoisotopic (exact) mass is 363 g/mol. The van der Waals surface area contributed by atoms with Crippen molar-refractivity contribution in [3.05, 3.63) is 70.6 Å². The van der Waals surface area contributed by atoms with Crippen LogP contribution in [0, 0.1) is 6.92 Å². The number of hydrogen-bond acceptors (Lipinski definition) is 5. The second kappa shape index (κ2) is 7.96. The number of fused-ring (bicyclic) bond motifs is 1. The van der Waals surface area contributed by atoms with Gasteiger partial charge in [-0.05, 0) is 38.2 Å². The van der Waals surface area contributed by atoms with E-state index in [-0.39, 0.29) is 11.9 Å². The van der Waals surface area contributed by atoms with Crippen LogP contribution in [-0.2, 0) is 10.0 Å². The molecule has 3 aromatic rings. The van der Waals surface area contributed by atoms with Crippen molar-refractivity contribution in [2.45, 2.75) is 11.8 Å². The molecule has 3 rings (SSSR count). The van der Waals surface area contributed by atoms with Crippen LogP contribution in [-0.4, -0.2) is 22.6 Å². The maximum absolute atomic E-state index is 11.4. The van der Waals surface area contributed by atoms with Gasteiger partial charge in [-0.25, -0.2) is 17.9 Å². The molecular weight excluding hydrogens is 342 g/mol. The molecule has 1 N–H and O–H groups in total. The van der Waals surface area contributed by atoms with Crippen LogP contribution in [0.2, 0.25) is 0 Å². The van der Waals surface area contributed by atoms with Crippen LogP contribution >= 0.6 is 0 Å². The predicted molar refractivity (Wildman–Crippen MR) is 98.6 cm³/mol. The van der Waals surface area contributed by atoms with Crippen molar-refractivity contribution < 1.29 is 19.0 Å². The Morgan fingerprint density at radius 1 is 1.08 bits per heavy atom. The molecule has 1 heterocycles. The molecule has 0 saturated heterocycles. The van der Waals surface area contributed by atoms with Crippen LogP contribution in [0.5, 0.6) is 5.75 Å². The van der Waals surface area contributed by atoms with E-state index >= 15 is 0 Å². The second-order valence-electron chi connectivity index (χ2n) is 5.11. The van der Waals surface area contributed by atoms with E-state index in [9.17, 15) is 13.2 Å². The molecule has 0 bridgehead atoms. The van der Waals surface area contributed by atoms with Crippen molar-refractivity contribution in [1.82, 2.24) is 4.72 Å². The summed E-state index contributed by atoms with van der Waals surface area (Å²) in [6.45, 7) is 1.75. The lowest BCUT2D eigenvalue weighted by Crippen LogP contribution is -2.19. The number of benzene rings is 2. The molecule has 0 radical (unpaired) electrons. The lowest BCUT2D eigenvalue weighted by Gasteiger charge is -2.07. The van der Waals surface area contributed by atoms with Gasteiger partial charge in [0.25, 0.3) is 0 Å². The number of nitrogens with one attached hydrogen (secondary N) is 1. The van der Waals surface area contributed by atoms with Crippen molar-refractivity contribution in [1.29, 1.82) is 0 Å². The highest BCUT2D eigenvalue weighted by Crippen LogP contribution is 2.21. The van der Waals surface area contributed by atoms with Gasteiger partial charge in [-0.15, -0.1) is 0 Å². The van der Waals surface area contributed by atoms with E-state index in [1.807, 2.05) is 24.3 Å². The zero-order valence-electron chi connectivity index (χ0n) is 14.1. The SMILES string of the molecule is CNS(=O)(=O)c1ccccc1OC.Cc1cc2ccccc2oc1=O.[HH]. The molecule has 0 amide bonds. The maximum Gasteiger partial charge on any atom is 0.339 e. The first-order valence-electron chi connectivity index (χ1n) is 7.45. The number of para-hydroxylation sites is 2. The van der Waals surface area contributed by atoms with E-state index in [0.29, 0.717) is 16.9 Å². The number of aryl methyl sites for hydroxylation is 1. The van der Waals surface area contributed by atoms with E-state index in [4.69, 9.17) is 9.15 Å². The van der Waals surface area contributed by atoms with Gasteiger partial charge in [-0.3, -0.25) is 0 Å². The van der Waals surface area contributed by atoms with Gasteiger partial charge in [0, 0.05) is 12.4 Å². The van der Waals surface area contributed by atoms with E-state index in [1.54, 1.807) is 31.2 Å². The molecule has 0 unspecified atom stereocenters. The predicted octanol–water partition coefficient (Wildman–Crippen LogP) is 2.95. The topological polar surface area (TPSA) is 85.6 Å². The van der Waals surface area contributed by atoms with E-state index in [0.717, 1.165) is 5.39 Å². The summed E-state index contributed by atoms with van der Waals surface area (Å²) in [4.78, 5) is 11.2. The van der Waals surface area contributed by atoms with Crippen molar-refractivity contribution in [3.63, 3.8) is 0 Å². The Bertz CT molecular complexity index is 1030. The number of rotatable bonds is 3. The number of hydrogen-bond donors (Lipinski definition) is 1. The summed E-state index contributed by atoms with van der Waals surface area (Å²) >= 11 is 0. The zero-order valence-corrected chi connectivity index (χ0v) is 15.0. The van der Waals surface area contributed by atoms with Crippen molar-refractivity contribution in [2.24, 2.45) is 0 Å². The summed E-state index contributed by atoms with van der Waals surface area (Å²) in [5.41, 5.74) is 1.04. The fourth-order valence-electron chi connectivity index (χ4n) is 2.12. The summed E-state index contributed by atoms with van der Waals surface area (Å²) in [7, 11) is -0.619. The molecule has 0 fully saturated rings. The molecule has 6 nitrogen and oxygen atoms in total. The van der Waals surface area contributed by atoms with Crippen LogP contribution in [0.15, 0.2) is 68.7 Å². The van der Waals surface area contributed by atoms with Crippen LogP contribution in [0.25, 0.3) is 11.0 Å². The number of sulfonamides is 1. The Kier molecular flexibility index (Phi) is 5.95. The second-order valence-corrected chi connectivity index (χ2v) is 6.97. The third-order valence-corrected chi connectivity index (χ3v) is 4.90.